The SMILES string of the molecule is CCNC(=O)NC1CN(Cc2ccc(-c3cc4nccc(Oc5ccc(CC(=O)CC6CC6)cc5F)c4s3)nc2)C1. The number of thiophene rings is 1. The second-order valence-electron chi connectivity index (χ2n) is 10.8. The van der Waals surface area contributed by atoms with E-state index >= 15 is 0 Å². The highest BCUT2D eigenvalue weighted by atomic mass is 32.1. The molecule has 2 N–H and O–H groups in total. The molecule has 4 heterocycles. The number of urea groups is 1. The molecular weight excluding hydrogens is 541 g/mol. The van der Waals surface area contributed by atoms with Gasteiger partial charge in [0.2, 0.25) is 0 Å². The molecule has 0 radical (unpaired) electrons. The fourth-order valence-corrected chi connectivity index (χ4v) is 6.07. The standard InChI is InChI=1S/C31H32FN5O3S/c1-2-33-31(39)36-22-17-37(18-22)16-21-5-7-25(35-15-21)29-14-26-30(41-29)28(9-10-34-26)40-27-8-6-20(13-24(27)32)12-23(38)11-19-3-4-19/h5-10,13-15,19,22H,2-4,11-12,16-18H2,1H3,(H2,33,36,39). The molecular formula is C31H32FN5O3S. The van der Waals surface area contributed by atoms with Gasteiger partial charge in [0, 0.05) is 57.5 Å². The molecule has 3 aromatic heterocycles. The maximum atomic E-state index is 14.9. The van der Waals surface area contributed by atoms with Crippen LogP contribution in [-0.4, -0.2) is 52.4 Å². The zero-order valence-electron chi connectivity index (χ0n) is 22.9. The minimum absolute atomic E-state index is 0.114. The number of ether oxygens (including phenoxy) is 1. The van der Waals surface area contributed by atoms with Crippen molar-refractivity contribution in [3.63, 3.8) is 0 Å². The summed E-state index contributed by atoms with van der Waals surface area (Å²) in [6, 6.07) is 12.5. The van der Waals surface area contributed by atoms with Gasteiger partial charge < -0.3 is 15.4 Å². The predicted octanol–water partition coefficient (Wildman–Crippen LogP) is 5.70. The number of hydrogen-bond acceptors (Lipinski definition) is 7. The third kappa shape index (κ3) is 6.71. The fourth-order valence-electron chi connectivity index (χ4n) is 5.03. The van der Waals surface area contributed by atoms with Crippen molar-refractivity contribution < 1.29 is 18.7 Å². The van der Waals surface area contributed by atoms with Gasteiger partial charge in [0.1, 0.15) is 11.5 Å². The van der Waals surface area contributed by atoms with Crippen molar-refractivity contribution in [3.05, 3.63) is 71.8 Å². The number of fused-ring (bicyclic) bond motifs is 1. The van der Waals surface area contributed by atoms with Gasteiger partial charge >= 0.3 is 6.03 Å². The first-order valence-electron chi connectivity index (χ1n) is 14.0. The molecule has 0 spiro atoms. The van der Waals surface area contributed by atoms with Gasteiger partial charge in [-0.15, -0.1) is 11.3 Å². The Balaban J connectivity index is 1.09. The van der Waals surface area contributed by atoms with Crippen LogP contribution < -0.4 is 15.4 Å². The van der Waals surface area contributed by atoms with E-state index in [1.54, 1.807) is 24.4 Å². The Hall–Kier alpha value is -3.89. The van der Waals surface area contributed by atoms with Crippen molar-refractivity contribution in [3.8, 4) is 22.1 Å². The lowest BCUT2D eigenvalue weighted by atomic mass is 10.0. The van der Waals surface area contributed by atoms with Crippen LogP contribution in [0.25, 0.3) is 20.8 Å². The Morgan fingerprint density at radius 3 is 2.63 bits per heavy atom. The summed E-state index contributed by atoms with van der Waals surface area (Å²) in [5, 5.41) is 5.72. The smallest absolute Gasteiger partial charge is 0.315 e. The number of Topliss-reactive ketones (excluding diaryl/α,β-unsaturated/α-hetero) is 1. The summed E-state index contributed by atoms with van der Waals surface area (Å²) < 4.78 is 21.7. The number of pyridine rings is 2. The molecule has 2 fully saturated rings. The summed E-state index contributed by atoms with van der Waals surface area (Å²) in [5.41, 5.74) is 3.34. The van der Waals surface area contributed by atoms with E-state index in [9.17, 15) is 14.0 Å². The second kappa shape index (κ2) is 11.9. The number of aromatic nitrogens is 2. The highest BCUT2D eigenvalue weighted by Gasteiger charge is 2.28. The van der Waals surface area contributed by atoms with Crippen molar-refractivity contribution in [2.45, 2.75) is 45.2 Å². The van der Waals surface area contributed by atoms with E-state index in [2.05, 4.69) is 31.6 Å². The fraction of sp³-hybridized carbons (Fsp3) is 0.355. The van der Waals surface area contributed by atoms with Crippen LogP contribution in [0.4, 0.5) is 9.18 Å². The minimum atomic E-state index is -0.491. The number of nitrogens with zero attached hydrogens (tertiary/aromatic N) is 3. The maximum Gasteiger partial charge on any atom is 0.315 e. The monoisotopic (exact) mass is 573 g/mol. The molecule has 6 rings (SSSR count). The van der Waals surface area contributed by atoms with Crippen LogP contribution >= 0.6 is 11.3 Å². The number of rotatable bonds is 11. The number of halogens is 1. The number of hydrogen-bond donors (Lipinski definition) is 2. The molecule has 4 aromatic rings. The summed E-state index contributed by atoms with van der Waals surface area (Å²) in [7, 11) is 0. The van der Waals surface area contributed by atoms with E-state index < -0.39 is 5.82 Å². The van der Waals surface area contributed by atoms with Crippen LogP contribution in [-0.2, 0) is 17.8 Å². The molecule has 2 aliphatic rings. The lowest BCUT2D eigenvalue weighted by molar-refractivity contribution is -0.118. The number of benzene rings is 1. The zero-order valence-corrected chi connectivity index (χ0v) is 23.7. The third-order valence-corrected chi connectivity index (χ3v) is 8.48. The number of nitrogens with one attached hydrogen (secondary N) is 2. The van der Waals surface area contributed by atoms with E-state index in [-0.39, 0.29) is 30.0 Å². The van der Waals surface area contributed by atoms with Crippen molar-refractivity contribution in [2.75, 3.05) is 19.6 Å². The minimum Gasteiger partial charge on any atom is -0.453 e. The third-order valence-electron chi connectivity index (χ3n) is 7.32. The average Bonchev–Trinajstić information content (AvgIpc) is 3.63. The van der Waals surface area contributed by atoms with E-state index in [1.165, 1.54) is 17.4 Å². The van der Waals surface area contributed by atoms with Crippen LogP contribution in [0.3, 0.4) is 0 Å². The number of carbonyl (C=O) groups is 2. The van der Waals surface area contributed by atoms with Crippen LogP contribution in [0.2, 0.25) is 0 Å². The average molecular weight is 574 g/mol. The molecule has 41 heavy (non-hydrogen) atoms. The van der Waals surface area contributed by atoms with Crippen LogP contribution in [0.1, 0.15) is 37.3 Å². The first-order chi connectivity index (χ1) is 19.9. The van der Waals surface area contributed by atoms with Crippen molar-refractivity contribution in [1.29, 1.82) is 0 Å². The Kier molecular flexibility index (Phi) is 7.93. The van der Waals surface area contributed by atoms with E-state index in [0.717, 1.165) is 58.8 Å². The molecule has 212 valence electrons. The Morgan fingerprint density at radius 2 is 1.90 bits per heavy atom. The van der Waals surface area contributed by atoms with Gasteiger partial charge in [0.05, 0.1) is 26.8 Å². The molecule has 8 nitrogen and oxygen atoms in total. The van der Waals surface area contributed by atoms with E-state index in [4.69, 9.17) is 4.74 Å². The molecule has 1 aliphatic carbocycles. The normalized spacial score (nSPS) is 15.5. The lowest BCUT2D eigenvalue weighted by Crippen LogP contribution is -2.60. The van der Waals surface area contributed by atoms with Crippen LogP contribution in [0.15, 0.2) is 54.9 Å². The van der Waals surface area contributed by atoms with Crippen molar-refractivity contribution >= 4 is 33.4 Å². The Bertz CT molecular complexity index is 1560. The second-order valence-corrected chi connectivity index (χ2v) is 11.9. The van der Waals surface area contributed by atoms with Gasteiger partial charge in [-0.05, 0) is 61.1 Å². The topological polar surface area (TPSA) is 96.5 Å². The van der Waals surface area contributed by atoms with E-state index in [1.807, 2.05) is 25.3 Å². The molecule has 1 aliphatic heterocycles. The molecule has 0 unspecified atom stereocenters. The largest absolute Gasteiger partial charge is 0.453 e. The highest BCUT2D eigenvalue weighted by Crippen LogP contribution is 2.39. The molecule has 2 amide bonds. The molecule has 1 saturated carbocycles. The maximum absolute atomic E-state index is 14.9. The van der Waals surface area contributed by atoms with Gasteiger partial charge in [0.15, 0.2) is 11.6 Å². The number of amides is 2. The van der Waals surface area contributed by atoms with Gasteiger partial charge in [0.25, 0.3) is 0 Å². The summed E-state index contributed by atoms with van der Waals surface area (Å²) in [6.45, 7) is 4.90. The number of ketones is 1. The molecule has 10 heteroatoms. The summed E-state index contributed by atoms with van der Waals surface area (Å²) >= 11 is 1.50. The predicted molar refractivity (Wildman–Crippen MR) is 157 cm³/mol. The lowest BCUT2D eigenvalue weighted by Gasteiger charge is -2.39. The molecule has 0 bridgehead atoms. The molecule has 1 saturated heterocycles. The summed E-state index contributed by atoms with van der Waals surface area (Å²) in [4.78, 5) is 36.2. The van der Waals surface area contributed by atoms with Gasteiger partial charge in [-0.2, -0.15) is 0 Å². The highest BCUT2D eigenvalue weighted by molar-refractivity contribution is 7.22. The first kappa shape index (κ1) is 27.3. The molecule has 0 atom stereocenters. The van der Waals surface area contributed by atoms with Gasteiger partial charge in [-0.1, -0.05) is 12.1 Å². The van der Waals surface area contributed by atoms with Crippen molar-refractivity contribution in [1.82, 2.24) is 25.5 Å². The quantitative estimate of drug-likeness (QED) is 0.239. The summed E-state index contributed by atoms with van der Waals surface area (Å²) in [5.74, 6) is 0.824. The summed E-state index contributed by atoms with van der Waals surface area (Å²) in [6.07, 6.45) is 6.61. The Labute approximate surface area is 242 Å². The van der Waals surface area contributed by atoms with E-state index in [0.29, 0.717) is 30.2 Å². The van der Waals surface area contributed by atoms with Gasteiger partial charge in [-0.3, -0.25) is 19.7 Å². The van der Waals surface area contributed by atoms with Crippen molar-refractivity contribution in [2.24, 2.45) is 5.92 Å². The van der Waals surface area contributed by atoms with Gasteiger partial charge in [-0.25, -0.2) is 9.18 Å². The first-order valence-corrected chi connectivity index (χ1v) is 14.8. The Morgan fingerprint density at radius 1 is 1.07 bits per heavy atom. The number of likely N-dealkylation sites (tertiary alicyclic amines) is 1. The number of carbonyl (C=O) groups excluding carboxylic acids is 2. The zero-order chi connectivity index (χ0) is 28.3. The van der Waals surface area contributed by atoms with Crippen LogP contribution in [0, 0.1) is 11.7 Å². The van der Waals surface area contributed by atoms with Crippen LogP contribution in [0.5, 0.6) is 11.5 Å². The molecule has 1 aromatic carbocycles.